The predicted octanol–water partition coefficient (Wildman–Crippen LogP) is 0.939. The Morgan fingerprint density at radius 1 is 1.03 bits per heavy atom. The zero-order valence-electron chi connectivity index (χ0n) is 16.1. The van der Waals surface area contributed by atoms with Crippen LogP contribution in [0.25, 0.3) is 0 Å². The average molecular weight is 435 g/mol. The first kappa shape index (κ1) is 22.5. The van der Waals surface area contributed by atoms with Crippen LogP contribution in [0.5, 0.6) is 0 Å². The van der Waals surface area contributed by atoms with E-state index in [9.17, 15) is 35.5 Å². The van der Waals surface area contributed by atoms with E-state index in [4.69, 9.17) is 9.47 Å². The van der Waals surface area contributed by atoms with Crippen molar-refractivity contribution < 1.29 is 34.6 Å². The van der Waals surface area contributed by atoms with Gasteiger partial charge in [-0.05, 0) is 11.6 Å². The molecule has 0 aliphatic carbocycles. The van der Waals surface area contributed by atoms with E-state index in [-0.39, 0.29) is 12.3 Å². The minimum atomic E-state index is -1.53. The Balaban J connectivity index is 1.87. The molecule has 1 aliphatic rings. The summed E-state index contributed by atoms with van der Waals surface area (Å²) >= 11 is 0. The summed E-state index contributed by atoms with van der Waals surface area (Å²) in [7, 11) is 0. The molecule has 31 heavy (non-hydrogen) atoms. The maximum Gasteiger partial charge on any atom is 0.299 e. The number of nitrogens with zero attached hydrogens (tertiary/aromatic N) is 2. The lowest BCUT2D eigenvalue weighted by Crippen LogP contribution is -2.61. The van der Waals surface area contributed by atoms with Crippen molar-refractivity contribution >= 4 is 17.1 Å². The summed E-state index contributed by atoms with van der Waals surface area (Å²) in [6, 6.07) is 10.8. The van der Waals surface area contributed by atoms with Gasteiger partial charge in [-0.25, -0.2) is 0 Å². The van der Waals surface area contributed by atoms with Crippen molar-refractivity contribution in [2.75, 3.05) is 11.9 Å². The summed E-state index contributed by atoms with van der Waals surface area (Å²) in [5, 5.41) is 55.3. The second kappa shape index (κ2) is 9.76. The molecular formula is C19H21N3O9. The third kappa shape index (κ3) is 5.13. The Kier molecular flexibility index (Phi) is 7.09. The van der Waals surface area contributed by atoms with Gasteiger partial charge in [0.25, 0.3) is 11.4 Å². The quantitative estimate of drug-likeness (QED) is 0.344. The van der Waals surface area contributed by atoms with Crippen LogP contribution in [0.4, 0.5) is 17.1 Å². The van der Waals surface area contributed by atoms with Crippen molar-refractivity contribution in [2.45, 2.75) is 37.3 Å². The van der Waals surface area contributed by atoms with Crippen molar-refractivity contribution in [3.8, 4) is 0 Å². The molecule has 2 aromatic carbocycles. The number of ether oxygens (including phenoxy) is 2. The van der Waals surface area contributed by atoms with Gasteiger partial charge >= 0.3 is 0 Å². The Morgan fingerprint density at radius 2 is 1.74 bits per heavy atom. The molecular weight excluding hydrogens is 414 g/mol. The highest BCUT2D eigenvalue weighted by Gasteiger charge is 2.45. The molecule has 1 heterocycles. The van der Waals surface area contributed by atoms with Gasteiger partial charge in [-0.1, -0.05) is 30.3 Å². The minimum absolute atomic E-state index is 0.0625. The summed E-state index contributed by atoms with van der Waals surface area (Å²) in [5.74, 6) is 0. The number of aliphatic hydroxyl groups is 3. The van der Waals surface area contributed by atoms with Crippen LogP contribution >= 0.6 is 0 Å². The van der Waals surface area contributed by atoms with Gasteiger partial charge < -0.3 is 30.1 Å². The van der Waals surface area contributed by atoms with Crippen LogP contribution in [0.2, 0.25) is 0 Å². The number of non-ortho nitro benzene ring substituents is 1. The molecule has 0 spiro atoms. The van der Waals surface area contributed by atoms with Crippen molar-refractivity contribution in [1.29, 1.82) is 0 Å². The number of nitro benzene ring substituents is 2. The Labute approximate surface area is 176 Å². The molecule has 4 N–H and O–H groups in total. The van der Waals surface area contributed by atoms with Crippen molar-refractivity contribution in [1.82, 2.24) is 0 Å². The van der Waals surface area contributed by atoms with Crippen LogP contribution in [-0.2, 0) is 16.1 Å². The Hall–Kier alpha value is -3.16. The third-order valence-electron chi connectivity index (χ3n) is 4.85. The molecule has 12 heteroatoms. The Bertz CT molecular complexity index is 927. The summed E-state index contributed by atoms with van der Waals surface area (Å²) < 4.78 is 11.3. The molecule has 1 fully saturated rings. The van der Waals surface area contributed by atoms with Crippen molar-refractivity contribution in [2.24, 2.45) is 0 Å². The van der Waals surface area contributed by atoms with E-state index in [0.29, 0.717) is 0 Å². The molecule has 2 aromatic rings. The van der Waals surface area contributed by atoms with Gasteiger partial charge in [-0.15, -0.1) is 0 Å². The standard InChI is InChI=1S/C19H21N3O9/c23-9-15-17(24)18(25)16(19(31-15)30-10-11-4-2-1-3-5-11)20-13-7-6-12(21(26)27)8-14(13)22(28)29/h1-8,15-20,23-25H,9-10H2/t15-,16-,17-,18-,19-/m1/s1. The molecule has 0 saturated carbocycles. The van der Waals surface area contributed by atoms with E-state index in [0.717, 1.165) is 23.8 Å². The molecule has 0 amide bonds. The van der Waals surface area contributed by atoms with Crippen LogP contribution in [0.15, 0.2) is 48.5 Å². The molecule has 0 bridgehead atoms. The first-order valence-electron chi connectivity index (χ1n) is 9.29. The SMILES string of the molecule is O=[N+]([O-])c1ccc(N[C@H]2[C@H](OCc3ccccc3)O[C@H](CO)[C@@H](O)[C@@H]2O)c([N+](=O)[O-])c1. The number of rotatable bonds is 8. The van der Waals surface area contributed by atoms with E-state index in [1.54, 1.807) is 24.3 Å². The second-order valence-electron chi connectivity index (χ2n) is 6.89. The van der Waals surface area contributed by atoms with Gasteiger partial charge in [-0.2, -0.15) is 0 Å². The van der Waals surface area contributed by atoms with Crippen LogP contribution in [0.3, 0.4) is 0 Å². The largest absolute Gasteiger partial charge is 0.394 e. The summed E-state index contributed by atoms with van der Waals surface area (Å²) in [5.41, 5.74) is -0.421. The number of anilines is 1. The molecule has 0 unspecified atom stereocenters. The van der Waals surface area contributed by atoms with E-state index < -0.39 is 58.5 Å². The molecule has 3 rings (SSSR count). The maximum atomic E-state index is 11.4. The number of hydrogen-bond acceptors (Lipinski definition) is 10. The fraction of sp³-hybridized carbons (Fsp3) is 0.368. The molecule has 1 saturated heterocycles. The smallest absolute Gasteiger partial charge is 0.299 e. The molecule has 0 aromatic heterocycles. The zero-order valence-corrected chi connectivity index (χ0v) is 16.1. The predicted molar refractivity (Wildman–Crippen MR) is 106 cm³/mol. The molecule has 12 nitrogen and oxygen atoms in total. The highest BCUT2D eigenvalue weighted by atomic mass is 16.7. The van der Waals surface area contributed by atoms with Gasteiger partial charge in [0.05, 0.1) is 29.1 Å². The number of nitro groups is 2. The van der Waals surface area contributed by atoms with Crippen LogP contribution in [0.1, 0.15) is 5.56 Å². The van der Waals surface area contributed by atoms with Crippen LogP contribution in [-0.4, -0.2) is 62.4 Å². The van der Waals surface area contributed by atoms with E-state index in [1.807, 2.05) is 6.07 Å². The van der Waals surface area contributed by atoms with Crippen LogP contribution in [0, 0.1) is 20.2 Å². The summed E-state index contributed by atoms with van der Waals surface area (Å²) in [6.45, 7) is -0.527. The zero-order chi connectivity index (χ0) is 22.5. The highest BCUT2D eigenvalue weighted by Crippen LogP contribution is 2.32. The van der Waals surface area contributed by atoms with E-state index in [2.05, 4.69) is 5.32 Å². The first-order chi connectivity index (χ1) is 14.8. The lowest BCUT2D eigenvalue weighted by atomic mass is 9.96. The van der Waals surface area contributed by atoms with Crippen molar-refractivity contribution in [3.05, 3.63) is 74.3 Å². The van der Waals surface area contributed by atoms with Gasteiger partial charge in [0.1, 0.15) is 30.0 Å². The fourth-order valence-electron chi connectivity index (χ4n) is 3.22. The lowest BCUT2D eigenvalue weighted by molar-refractivity contribution is -0.393. The molecule has 166 valence electrons. The van der Waals surface area contributed by atoms with Gasteiger partial charge in [-0.3, -0.25) is 20.2 Å². The fourth-order valence-corrected chi connectivity index (χ4v) is 3.22. The van der Waals surface area contributed by atoms with Gasteiger partial charge in [0.2, 0.25) is 0 Å². The average Bonchev–Trinajstić information content (AvgIpc) is 2.77. The molecule has 0 radical (unpaired) electrons. The second-order valence-corrected chi connectivity index (χ2v) is 6.89. The number of hydrogen-bond donors (Lipinski definition) is 4. The van der Waals surface area contributed by atoms with Crippen LogP contribution < -0.4 is 5.32 Å². The number of nitrogens with one attached hydrogen (secondary N) is 1. The lowest BCUT2D eigenvalue weighted by Gasteiger charge is -2.42. The third-order valence-corrected chi connectivity index (χ3v) is 4.85. The Morgan fingerprint density at radius 3 is 2.35 bits per heavy atom. The topological polar surface area (TPSA) is 177 Å². The summed E-state index contributed by atoms with van der Waals surface area (Å²) in [4.78, 5) is 20.8. The minimum Gasteiger partial charge on any atom is -0.394 e. The first-order valence-corrected chi connectivity index (χ1v) is 9.29. The normalized spacial score (nSPS) is 25.7. The number of aliphatic hydroxyl groups excluding tert-OH is 3. The summed E-state index contributed by atoms with van der Waals surface area (Å²) in [6.07, 6.45) is -5.37. The molecule has 5 atom stereocenters. The molecule has 1 aliphatic heterocycles. The van der Waals surface area contributed by atoms with E-state index >= 15 is 0 Å². The monoisotopic (exact) mass is 435 g/mol. The van der Waals surface area contributed by atoms with Gasteiger partial charge in [0.15, 0.2) is 6.29 Å². The van der Waals surface area contributed by atoms with Gasteiger partial charge in [0, 0.05) is 6.07 Å². The highest BCUT2D eigenvalue weighted by molar-refractivity contribution is 5.65. The van der Waals surface area contributed by atoms with Crippen molar-refractivity contribution in [3.63, 3.8) is 0 Å². The van der Waals surface area contributed by atoms with E-state index in [1.165, 1.54) is 0 Å². The maximum absolute atomic E-state index is 11.4. The number of benzene rings is 2.